The number of unbranched alkanes of at least 4 members (excludes halogenated alkanes) is 2. The van der Waals surface area contributed by atoms with Crippen LogP contribution in [0.4, 0.5) is 11.6 Å². The van der Waals surface area contributed by atoms with Crippen LogP contribution in [0.15, 0.2) is 95.0 Å². The second kappa shape index (κ2) is 28.9. The van der Waals surface area contributed by atoms with Gasteiger partial charge in [0, 0.05) is 17.9 Å². The van der Waals surface area contributed by atoms with Crippen LogP contribution in [0.5, 0.6) is 11.5 Å². The highest BCUT2D eigenvalue weighted by molar-refractivity contribution is 7.99. The zero-order chi connectivity index (χ0) is 46.7. The average molecular weight is 925 g/mol. The van der Waals surface area contributed by atoms with Gasteiger partial charge in [0.05, 0.1) is 31.8 Å². The van der Waals surface area contributed by atoms with Gasteiger partial charge in [-0.05, 0) is 67.8 Å². The summed E-state index contributed by atoms with van der Waals surface area (Å²) in [6.07, 6.45) is 8.04. The van der Waals surface area contributed by atoms with Gasteiger partial charge < -0.3 is 39.2 Å². The highest BCUT2D eigenvalue weighted by Crippen LogP contribution is 2.31. The maximum atomic E-state index is 12.9. The Morgan fingerprint density at radius 3 is 1.61 bits per heavy atom. The molecule has 4 aromatic rings. The average Bonchev–Trinajstić information content (AvgIpc) is 3.30. The number of hydrogen-bond acceptors (Lipinski definition) is 15. The number of nitrogens with zero attached hydrogens (tertiary/aromatic N) is 4. The summed E-state index contributed by atoms with van der Waals surface area (Å²) in [7, 11) is -4.15. The van der Waals surface area contributed by atoms with Gasteiger partial charge in [0.15, 0.2) is 11.5 Å². The lowest BCUT2D eigenvalue weighted by molar-refractivity contribution is -0.390. The van der Waals surface area contributed by atoms with E-state index < -0.39 is 42.2 Å². The van der Waals surface area contributed by atoms with Crippen molar-refractivity contribution >= 4 is 45.2 Å². The third kappa shape index (κ3) is 19.4. The smallest absolute Gasteiger partial charge is 0.365 e. The predicted molar refractivity (Wildman–Crippen MR) is 244 cm³/mol. The first-order valence-electron chi connectivity index (χ1n) is 21.6. The summed E-state index contributed by atoms with van der Waals surface area (Å²) in [5.74, 6) is -0.973. The van der Waals surface area contributed by atoms with Crippen molar-refractivity contribution in [3.63, 3.8) is 0 Å². The minimum absolute atomic E-state index is 0.0566. The Balaban J connectivity index is 0.000000341. The summed E-state index contributed by atoms with van der Waals surface area (Å²) in [5.41, 5.74) is 1.77. The molecule has 2 unspecified atom stereocenters. The van der Waals surface area contributed by atoms with Crippen molar-refractivity contribution < 1.29 is 46.8 Å². The van der Waals surface area contributed by atoms with Crippen LogP contribution in [0.3, 0.4) is 0 Å². The van der Waals surface area contributed by atoms with Gasteiger partial charge in [-0.15, -0.1) is 0 Å². The van der Waals surface area contributed by atoms with Gasteiger partial charge in [-0.25, -0.2) is 8.42 Å². The number of carbonyl (C=O) groups is 2. The van der Waals surface area contributed by atoms with Crippen molar-refractivity contribution in [3.8, 4) is 11.5 Å². The summed E-state index contributed by atoms with van der Waals surface area (Å²) in [6.45, 7) is 9.43. The third-order valence-corrected chi connectivity index (χ3v) is 12.5. The Bertz CT molecular complexity index is 2160. The molecule has 0 fully saturated rings. The molecule has 0 amide bonds. The van der Waals surface area contributed by atoms with E-state index in [0.29, 0.717) is 35.7 Å². The number of thioether (sulfide) groups is 1. The van der Waals surface area contributed by atoms with Crippen molar-refractivity contribution in [2.75, 3.05) is 24.7 Å². The highest BCUT2D eigenvalue weighted by Gasteiger charge is 2.30. The van der Waals surface area contributed by atoms with Gasteiger partial charge in [0.25, 0.3) is 5.03 Å². The summed E-state index contributed by atoms with van der Waals surface area (Å²) in [6, 6.07) is 23.8. The first-order chi connectivity index (χ1) is 30.8. The lowest BCUT2D eigenvalue weighted by Crippen LogP contribution is -2.18. The fraction of sp³-hybridized carbons (Fsp3) is 0.478. The van der Waals surface area contributed by atoms with Crippen molar-refractivity contribution in [1.29, 1.82) is 0 Å². The van der Waals surface area contributed by atoms with Crippen molar-refractivity contribution in [3.05, 3.63) is 116 Å². The van der Waals surface area contributed by atoms with Gasteiger partial charge >= 0.3 is 28.6 Å². The second-order valence-electron chi connectivity index (χ2n) is 14.9. The predicted octanol–water partition coefficient (Wildman–Crippen LogP) is 10.3. The summed E-state index contributed by atoms with van der Waals surface area (Å²) >= 11 is 1.25. The van der Waals surface area contributed by atoms with Crippen LogP contribution in [0, 0.1) is 32.1 Å². The number of aromatic nitrogens is 2. The molecular weight excluding hydrogens is 865 g/mol. The molecule has 0 saturated carbocycles. The number of hydrogen-bond donors (Lipinski definition) is 0. The van der Waals surface area contributed by atoms with Crippen LogP contribution in [0.1, 0.15) is 103 Å². The highest BCUT2D eigenvalue weighted by atomic mass is 32.2. The zero-order valence-electron chi connectivity index (χ0n) is 37.1. The van der Waals surface area contributed by atoms with Crippen LogP contribution in [0.25, 0.3) is 0 Å². The molecule has 348 valence electrons. The Kier molecular flexibility index (Phi) is 23.8. The van der Waals surface area contributed by atoms with Gasteiger partial charge in [-0.2, -0.15) is 0 Å². The largest absolute Gasteiger partial charge is 0.484 e. The molecule has 16 nitrogen and oxygen atoms in total. The molecule has 0 N–H and O–H groups in total. The first kappa shape index (κ1) is 52.7. The van der Waals surface area contributed by atoms with Crippen LogP contribution >= 0.6 is 11.8 Å². The normalized spacial score (nSPS) is 11.9. The maximum Gasteiger partial charge on any atom is 0.365 e. The van der Waals surface area contributed by atoms with E-state index in [2.05, 4.69) is 30.7 Å². The van der Waals surface area contributed by atoms with Crippen LogP contribution < -0.4 is 9.47 Å². The van der Waals surface area contributed by atoms with Gasteiger partial charge in [0.2, 0.25) is 9.84 Å². The van der Waals surface area contributed by atoms with Crippen LogP contribution in [-0.2, 0) is 42.1 Å². The lowest BCUT2D eigenvalue weighted by Gasteiger charge is -2.14. The SMILES string of the molecule is CCCCC(CC)COC(=O)CCS(=O)(=O)c1nc([N+](=O)[O-])ccc1OCc1ccccc1.CCCCC(CC)COC(=O)CCSc1nc([N+](=O)[O-])ccc1OCc1ccccc1. The molecule has 2 aromatic carbocycles. The summed E-state index contributed by atoms with van der Waals surface area (Å²) in [4.78, 5) is 52.9. The number of ether oxygens (including phenoxy) is 4. The molecule has 0 bridgehead atoms. The molecule has 2 heterocycles. The van der Waals surface area contributed by atoms with E-state index in [1.54, 1.807) is 30.3 Å². The Morgan fingerprint density at radius 1 is 0.656 bits per heavy atom. The second-order valence-corrected chi connectivity index (χ2v) is 18.0. The third-order valence-electron chi connectivity index (χ3n) is 9.93. The van der Waals surface area contributed by atoms with Crippen molar-refractivity contribution in [2.24, 2.45) is 11.8 Å². The number of benzene rings is 2. The standard InChI is InChI=1S/C23H30N2O7S.C23H30N2O5S/c1-3-5-9-18(4-2)16-32-22(26)14-15-33(29,30)23-20(12-13-21(24-23)25(27)28)31-17-19-10-7-6-8-11-19;1-3-5-9-18(4-2)16-30-22(26)14-15-31-23-20(12-13-21(24-23)25(27)28)29-17-19-10-7-6-8-11-19/h6-8,10-13,18H,3-5,9,14-17H2,1-2H3;6-8,10-13,18H,3-5,9,14-17H2,1-2H3. The molecule has 0 aliphatic carbocycles. The number of sulfone groups is 1. The van der Waals surface area contributed by atoms with E-state index in [9.17, 15) is 38.2 Å². The molecule has 2 atom stereocenters. The maximum absolute atomic E-state index is 12.9. The van der Waals surface area contributed by atoms with E-state index in [-0.39, 0.29) is 49.5 Å². The van der Waals surface area contributed by atoms with Crippen LogP contribution in [-0.4, -0.2) is 64.9 Å². The summed E-state index contributed by atoms with van der Waals surface area (Å²) < 4.78 is 47.9. The van der Waals surface area contributed by atoms with Crippen molar-refractivity contribution in [2.45, 2.75) is 115 Å². The van der Waals surface area contributed by atoms with Crippen LogP contribution in [0.2, 0.25) is 0 Å². The van der Waals surface area contributed by atoms with Gasteiger partial charge in [0.1, 0.15) is 13.2 Å². The molecule has 0 saturated heterocycles. The summed E-state index contributed by atoms with van der Waals surface area (Å²) in [5, 5.41) is 22.1. The zero-order valence-corrected chi connectivity index (χ0v) is 38.7. The van der Waals surface area contributed by atoms with Gasteiger partial charge in [-0.1, -0.05) is 139 Å². The van der Waals surface area contributed by atoms with E-state index in [1.165, 1.54) is 23.9 Å². The molecule has 64 heavy (non-hydrogen) atoms. The number of rotatable bonds is 28. The molecular formula is C46H60N4O12S2. The minimum atomic E-state index is -4.15. The molecule has 0 aliphatic rings. The number of pyridine rings is 2. The fourth-order valence-corrected chi connectivity index (χ4v) is 8.15. The Hall–Kier alpha value is -5.62. The van der Waals surface area contributed by atoms with E-state index in [4.69, 9.17) is 18.9 Å². The Morgan fingerprint density at radius 2 is 1.12 bits per heavy atom. The molecule has 0 radical (unpaired) electrons. The monoisotopic (exact) mass is 924 g/mol. The number of carbonyl (C=O) groups excluding carboxylic acids is 2. The van der Waals surface area contributed by atoms with Crippen molar-refractivity contribution in [1.82, 2.24) is 9.97 Å². The fourth-order valence-electron chi connectivity index (χ4n) is 5.96. The molecule has 2 aromatic heterocycles. The van der Waals surface area contributed by atoms with E-state index in [0.717, 1.165) is 68.6 Å². The molecule has 4 rings (SSSR count). The lowest BCUT2D eigenvalue weighted by atomic mass is 10.0. The number of esters is 2. The topological polar surface area (TPSA) is 217 Å². The molecule has 0 aliphatic heterocycles. The molecule has 18 heteroatoms. The quantitative estimate of drug-likeness (QED) is 0.0224. The van der Waals surface area contributed by atoms with Gasteiger partial charge in [-0.3, -0.25) is 9.59 Å². The first-order valence-corrected chi connectivity index (χ1v) is 24.2. The number of nitro groups is 2. The Labute approximate surface area is 380 Å². The molecule has 0 spiro atoms. The van der Waals surface area contributed by atoms with E-state index >= 15 is 0 Å². The van der Waals surface area contributed by atoms with E-state index in [1.807, 2.05) is 43.3 Å². The minimum Gasteiger partial charge on any atom is -0.484 e.